The number of anilines is 1. The maximum atomic E-state index is 12.7. The van der Waals surface area contributed by atoms with Gasteiger partial charge in [0.2, 0.25) is 0 Å². The average molecular weight is 461 g/mol. The van der Waals surface area contributed by atoms with E-state index >= 15 is 0 Å². The van der Waals surface area contributed by atoms with Crippen LogP contribution in [0.25, 0.3) is 10.2 Å². The molecule has 0 unspecified atom stereocenters. The normalized spacial score (nSPS) is 11.0. The molecule has 10 heteroatoms. The highest BCUT2D eigenvalue weighted by atomic mass is 35.5. The largest absolute Gasteiger partial charge is 0.461 e. The molecule has 0 aliphatic rings. The maximum absolute atomic E-state index is 12.7. The summed E-state index contributed by atoms with van der Waals surface area (Å²) in [6, 6.07) is 9.43. The van der Waals surface area contributed by atoms with Gasteiger partial charge in [-0.25, -0.2) is 9.78 Å². The highest BCUT2D eigenvalue weighted by molar-refractivity contribution is 7.20. The van der Waals surface area contributed by atoms with Gasteiger partial charge in [0.15, 0.2) is 10.8 Å². The topological polar surface area (TPSA) is 86.1 Å². The number of carbonyl (C=O) groups excluding carboxylic acids is 2. The molecule has 3 aromatic heterocycles. The molecule has 7 nitrogen and oxygen atoms in total. The molecule has 0 spiro atoms. The van der Waals surface area contributed by atoms with Crippen molar-refractivity contribution >= 4 is 61.5 Å². The number of nitrogens with one attached hydrogen (secondary N) is 1. The Balaban J connectivity index is 1.56. The molecule has 154 valence electrons. The van der Waals surface area contributed by atoms with Crippen LogP contribution >= 0.6 is 34.3 Å². The Hall–Kier alpha value is -2.75. The Kier molecular flexibility index (Phi) is 5.85. The lowest BCUT2D eigenvalue weighted by Gasteiger charge is -2.05. The minimum absolute atomic E-state index is 0.180. The summed E-state index contributed by atoms with van der Waals surface area (Å²) in [5.41, 5.74) is 1.98. The number of carbonyl (C=O) groups is 2. The Morgan fingerprint density at radius 3 is 2.87 bits per heavy atom. The second-order valence-corrected chi connectivity index (χ2v) is 8.67. The molecule has 4 rings (SSSR count). The van der Waals surface area contributed by atoms with Gasteiger partial charge in [0.05, 0.1) is 23.7 Å². The first-order chi connectivity index (χ1) is 14.5. The van der Waals surface area contributed by atoms with Crippen molar-refractivity contribution in [3.8, 4) is 0 Å². The van der Waals surface area contributed by atoms with Crippen molar-refractivity contribution in [2.75, 3.05) is 11.9 Å². The zero-order valence-electron chi connectivity index (χ0n) is 16.1. The molecule has 0 saturated heterocycles. The molecule has 0 radical (unpaired) electrons. The molecule has 0 saturated carbocycles. The lowest BCUT2D eigenvalue weighted by atomic mass is 10.2. The number of benzene rings is 1. The number of aryl methyl sites for hydroxylation is 1. The molecule has 0 aliphatic carbocycles. The number of esters is 1. The van der Waals surface area contributed by atoms with E-state index in [1.165, 1.54) is 22.7 Å². The molecule has 30 heavy (non-hydrogen) atoms. The molecule has 3 heterocycles. The second-order valence-electron chi connectivity index (χ2n) is 6.38. The first-order valence-corrected chi connectivity index (χ1v) is 11.2. The van der Waals surface area contributed by atoms with E-state index in [1.54, 1.807) is 12.3 Å². The smallest absolute Gasteiger partial charge is 0.357 e. The Labute approximate surface area is 185 Å². The molecule has 0 bridgehead atoms. The molecule has 1 N–H and O–H groups in total. The van der Waals surface area contributed by atoms with Crippen LogP contribution < -0.4 is 5.32 Å². The van der Waals surface area contributed by atoms with Gasteiger partial charge in [0, 0.05) is 15.8 Å². The summed E-state index contributed by atoms with van der Waals surface area (Å²) >= 11 is 8.80. The van der Waals surface area contributed by atoms with Crippen LogP contribution in [0.5, 0.6) is 0 Å². The lowest BCUT2D eigenvalue weighted by Crippen LogP contribution is -2.11. The number of aromatic nitrogens is 3. The van der Waals surface area contributed by atoms with Gasteiger partial charge in [-0.15, -0.1) is 22.7 Å². The van der Waals surface area contributed by atoms with E-state index in [0.29, 0.717) is 21.6 Å². The fourth-order valence-corrected chi connectivity index (χ4v) is 4.83. The number of amides is 1. The van der Waals surface area contributed by atoms with Crippen LogP contribution in [0.15, 0.2) is 35.7 Å². The number of rotatable bonds is 6. The first-order valence-electron chi connectivity index (χ1n) is 9.10. The van der Waals surface area contributed by atoms with Crippen LogP contribution in [0.4, 0.5) is 5.13 Å². The van der Waals surface area contributed by atoms with Crippen LogP contribution in [0, 0.1) is 6.92 Å². The lowest BCUT2D eigenvalue weighted by molar-refractivity contribution is 0.0520. The molecule has 1 amide bonds. The number of halogens is 1. The highest BCUT2D eigenvalue weighted by Gasteiger charge is 2.19. The van der Waals surface area contributed by atoms with E-state index in [0.717, 1.165) is 21.5 Å². The van der Waals surface area contributed by atoms with E-state index in [4.69, 9.17) is 16.3 Å². The van der Waals surface area contributed by atoms with Crippen molar-refractivity contribution in [3.63, 3.8) is 0 Å². The second kappa shape index (κ2) is 8.55. The fourth-order valence-electron chi connectivity index (χ4n) is 2.91. The van der Waals surface area contributed by atoms with Crippen LogP contribution in [-0.4, -0.2) is 33.2 Å². The van der Waals surface area contributed by atoms with Crippen molar-refractivity contribution < 1.29 is 14.3 Å². The van der Waals surface area contributed by atoms with Crippen LogP contribution in [0.1, 0.15) is 38.3 Å². The standard InChI is InChI=1S/C20H17ClN4O3S2/c1-3-28-19(27)15-10-29-20(22-15)23-17(26)16-8-13-11(2)24-25(18(13)30-16)9-12-6-4-5-7-14(12)21/h4-8,10H,3,9H2,1-2H3,(H,22,23,26). The third-order valence-corrected chi connectivity index (χ3v) is 6.59. The number of hydrogen-bond acceptors (Lipinski definition) is 7. The zero-order valence-corrected chi connectivity index (χ0v) is 18.5. The number of fused-ring (bicyclic) bond motifs is 1. The molecule has 1 aromatic carbocycles. The summed E-state index contributed by atoms with van der Waals surface area (Å²) in [4.78, 5) is 30.0. The Morgan fingerprint density at radius 1 is 1.30 bits per heavy atom. The fraction of sp³-hybridized carbons (Fsp3) is 0.200. The van der Waals surface area contributed by atoms with Crippen LogP contribution in [0.2, 0.25) is 5.02 Å². The number of thiazole rings is 1. The summed E-state index contributed by atoms with van der Waals surface area (Å²) in [5, 5.41) is 10.8. The third kappa shape index (κ3) is 4.09. The van der Waals surface area contributed by atoms with Gasteiger partial charge in [0.1, 0.15) is 4.83 Å². The minimum atomic E-state index is -0.508. The number of thiophene rings is 1. The van der Waals surface area contributed by atoms with E-state index in [-0.39, 0.29) is 18.2 Å². The maximum Gasteiger partial charge on any atom is 0.357 e. The minimum Gasteiger partial charge on any atom is -0.461 e. The molecule has 0 atom stereocenters. The summed E-state index contributed by atoms with van der Waals surface area (Å²) < 4.78 is 6.78. The van der Waals surface area contributed by atoms with Crippen molar-refractivity contribution in [2.45, 2.75) is 20.4 Å². The Morgan fingerprint density at radius 2 is 2.10 bits per heavy atom. The van der Waals surface area contributed by atoms with Crippen molar-refractivity contribution in [1.82, 2.24) is 14.8 Å². The Bertz CT molecular complexity index is 1240. The SMILES string of the molecule is CCOC(=O)c1csc(NC(=O)c2cc3c(C)nn(Cc4ccccc4Cl)c3s2)n1. The van der Waals surface area contributed by atoms with Crippen LogP contribution in [0.3, 0.4) is 0 Å². The molecular formula is C20H17ClN4O3S2. The van der Waals surface area contributed by atoms with E-state index < -0.39 is 5.97 Å². The van der Waals surface area contributed by atoms with Gasteiger partial charge in [-0.1, -0.05) is 29.8 Å². The monoisotopic (exact) mass is 460 g/mol. The third-order valence-electron chi connectivity index (χ3n) is 4.32. The van der Waals surface area contributed by atoms with Crippen molar-refractivity contribution in [3.05, 3.63) is 62.6 Å². The van der Waals surface area contributed by atoms with Crippen LogP contribution in [-0.2, 0) is 11.3 Å². The van der Waals surface area contributed by atoms with Gasteiger partial charge < -0.3 is 4.74 Å². The van der Waals surface area contributed by atoms with Gasteiger partial charge >= 0.3 is 5.97 Å². The summed E-state index contributed by atoms with van der Waals surface area (Å²) in [5.74, 6) is -0.795. The molecule has 0 aliphatic heterocycles. The van der Waals surface area contributed by atoms with E-state index in [1.807, 2.05) is 41.9 Å². The number of nitrogens with zero attached hydrogens (tertiary/aromatic N) is 3. The number of ether oxygens (including phenoxy) is 1. The van der Waals surface area contributed by atoms with Crippen molar-refractivity contribution in [1.29, 1.82) is 0 Å². The highest BCUT2D eigenvalue weighted by Crippen LogP contribution is 2.30. The number of hydrogen-bond donors (Lipinski definition) is 1. The van der Waals surface area contributed by atoms with Gasteiger partial charge in [-0.2, -0.15) is 5.10 Å². The van der Waals surface area contributed by atoms with Gasteiger partial charge in [-0.05, 0) is 31.5 Å². The van der Waals surface area contributed by atoms with E-state index in [9.17, 15) is 9.59 Å². The van der Waals surface area contributed by atoms with Gasteiger partial charge in [-0.3, -0.25) is 14.8 Å². The summed E-state index contributed by atoms with van der Waals surface area (Å²) in [7, 11) is 0. The molecular weight excluding hydrogens is 444 g/mol. The first kappa shape index (κ1) is 20.5. The molecule has 0 fully saturated rings. The molecule has 4 aromatic rings. The quantitative estimate of drug-likeness (QED) is 0.409. The van der Waals surface area contributed by atoms with E-state index in [2.05, 4.69) is 15.4 Å². The predicted molar refractivity (Wildman–Crippen MR) is 119 cm³/mol. The predicted octanol–water partition coefficient (Wildman–Crippen LogP) is 4.99. The van der Waals surface area contributed by atoms with Crippen molar-refractivity contribution in [2.24, 2.45) is 0 Å². The van der Waals surface area contributed by atoms with Gasteiger partial charge in [0.25, 0.3) is 5.91 Å². The summed E-state index contributed by atoms with van der Waals surface area (Å²) in [6.45, 7) is 4.42. The average Bonchev–Trinajstić information content (AvgIpc) is 3.42. The zero-order chi connectivity index (χ0) is 21.3. The summed E-state index contributed by atoms with van der Waals surface area (Å²) in [6.07, 6.45) is 0.